The van der Waals surface area contributed by atoms with E-state index in [4.69, 9.17) is 0 Å². The molecule has 5 heteroatoms. The van der Waals surface area contributed by atoms with E-state index in [0.29, 0.717) is 6.04 Å². The third-order valence-corrected chi connectivity index (χ3v) is 3.76. The summed E-state index contributed by atoms with van der Waals surface area (Å²) >= 11 is 1.93. The van der Waals surface area contributed by atoms with Gasteiger partial charge in [-0.2, -0.15) is 11.8 Å². The molecule has 0 aliphatic carbocycles. The molecule has 0 saturated heterocycles. The van der Waals surface area contributed by atoms with E-state index in [9.17, 15) is 0 Å². The molecule has 0 radical (unpaired) electrons. The first kappa shape index (κ1) is 16.1. The fourth-order valence-corrected chi connectivity index (χ4v) is 2.25. The lowest BCUT2D eigenvalue weighted by atomic mass is 9.96. The van der Waals surface area contributed by atoms with E-state index in [1.165, 1.54) is 0 Å². The lowest BCUT2D eigenvalue weighted by Gasteiger charge is -2.20. The third kappa shape index (κ3) is 5.27. The van der Waals surface area contributed by atoms with Crippen molar-refractivity contribution in [2.24, 2.45) is 0 Å². The number of hydrogen-bond acceptors (Lipinski definition) is 5. The van der Waals surface area contributed by atoms with Crippen LogP contribution in [0.2, 0.25) is 0 Å². The molecule has 0 fully saturated rings. The highest BCUT2D eigenvalue weighted by Gasteiger charge is 2.19. The minimum Gasteiger partial charge on any atom is -0.373 e. The van der Waals surface area contributed by atoms with Crippen molar-refractivity contribution in [3.8, 4) is 0 Å². The first-order valence-corrected chi connectivity index (χ1v) is 7.94. The molecule has 108 valence electrons. The van der Waals surface area contributed by atoms with Gasteiger partial charge >= 0.3 is 0 Å². The van der Waals surface area contributed by atoms with Gasteiger partial charge in [0, 0.05) is 30.3 Å². The molecule has 1 rings (SSSR count). The maximum atomic E-state index is 4.63. The summed E-state index contributed by atoms with van der Waals surface area (Å²) in [4.78, 5) is 9.15. The maximum Gasteiger partial charge on any atom is 0.138 e. The molecule has 19 heavy (non-hydrogen) atoms. The van der Waals surface area contributed by atoms with Crippen LogP contribution in [0.25, 0.3) is 0 Å². The molecule has 0 aliphatic heterocycles. The second-order valence-corrected chi connectivity index (χ2v) is 6.99. The van der Waals surface area contributed by atoms with Gasteiger partial charge < -0.3 is 10.6 Å². The molecule has 1 heterocycles. The standard InChI is InChI=1S/C14H26N4S/c1-7-19-9-10(2)16-12-8-11(15-6)17-13(18-12)14(3,4)5/h8,10H,7,9H2,1-6H3,(H2,15,16,17,18). The Morgan fingerprint density at radius 1 is 1.26 bits per heavy atom. The average Bonchev–Trinajstić information content (AvgIpc) is 2.34. The fourth-order valence-electron chi connectivity index (χ4n) is 1.57. The van der Waals surface area contributed by atoms with Crippen LogP contribution in [0.4, 0.5) is 11.6 Å². The molecule has 1 atom stereocenters. The average molecular weight is 282 g/mol. The fraction of sp³-hybridized carbons (Fsp3) is 0.714. The van der Waals surface area contributed by atoms with Crippen molar-refractivity contribution in [3.63, 3.8) is 0 Å². The van der Waals surface area contributed by atoms with Gasteiger partial charge in [-0.3, -0.25) is 0 Å². The number of aromatic nitrogens is 2. The number of anilines is 2. The molecule has 1 unspecified atom stereocenters. The molecule has 1 aromatic heterocycles. The highest BCUT2D eigenvalue weighted by atomic mass is 32.2. The van der Waals surface area contributed by atoms with Crippen LogP contribution < -0.4 is 10.6 Å². The summed E-state index contributed by atoms with van der Waals surface area (Å²) in [5.74, 6) is 4.84. The zero-order valence-corrected chi connectivity index (χ0v) is 13.7. The predicted molar refractivity (Wildman–Crippen MR) is 86.4 cm³/mol. The Morgan fingerprint density at radius 3 is 2.42 bits per heavy atom. The van der Waals surface area contributed by atoms with E-state index < -0.39 is 0 Å². The normalized spacial score (nSPS) is 13.2. The Balaban J connectivity index is 2.88. The van der Waals surface area contributed by atoms with Crippen molar-refractivity contribution in [1.82, 2.24) is 9.97 Å². The summed E-state index contributed by atoms with van der Waals surface area (Å²) in [5.41, 5.74) is -0.0509. The highest BCUT2D eigenvalue weighted by Crippen LogP contribution is 2.22. The lowest BCUT2D eigenvalue weighted by Crippen LogP contribution is -2.22. The van der Waals surface area contributed by atoms with Crippen molar-refractivity contribution in [2.45, 2.75) is 46.1 Å². The van der Waals surface area contributed by atoms with Crippen LogP contribution in [0.5, 0.6) is 0 Å². The van der Waals surface area contributed by atoms with Gasteiger partial charge in [-0.05, 0) is 12.7 Å². The summed E-state index contributed by atoms with van der Waals surface area (Å²) in [5, 5.41) is 6.55. The van der Waals surface area contributed by atoms with Crippen LogP contribution in [0.15, 0.2) is 6.07 Å². The quantitative estimate of drug-likeness (QED) is 0.838. The van der Waals surface area contributed by atoms with E-state index >= 15 is 0 Å². The van der Waals surface area contributed by atoms with E-state index in [0.717, 1.165) is 29.0 Å². The summed E-state index contributed by atoms with van der Waals surface area (Å²) in [6.07, 6.45) is 0. The SMILES string of the molecule is CCSCC(C)Nc1cc(NC)nc(C(C)(C)C)n1. The Hall–Kier alpha value is -0.970. The Morgan fingerprint density at radius 2 is 1.89 bits per heavy atom. The highest BCUT2D eigenvalue weighted by molar-refractivity contribution is 7.99. The van der Waals surface area contributed by atoms with E-state index in [2.05, 4.69) is 55.2 Å². The van der Waals surface area contributed by atoms with E-state index in [1.54, 1.807) is 0 Å². The monoisotopic (exact) mass is 282 g/mol. The van der Waals surface area contributed by atoms with Crippen molar-refractivity contribution in [3.05, 3.63) is 11.9 Å². The van der Waals surface area contributed by atoms with Crippen LogP contribution in [0.1, 0.15) is 40.4 Å². The Kier molecular flexibility index (Phi) is 5.91. The number of nitrogens with zero attached hydrogens (tertiary/aromatic N) is 2. The Bertz CT molecular complexity index is 401. The molecule has 0 spiro atoms. The number of nitrogens with one attached hydrogen (secondary N) is 2. The van der Waals surface area contributed by atoms with Crippen LogP contribution in [0, 0.1) is 0 Å². The molecular formula is C14H26N4S. The summed E-state index contributed by atoms with van der Waals surface area (Å²) in [7, 11) is 1.88. The molecule has 0 aromatic carbocycles. The first-order valence-electron chi connectivity index (χ1n) is 6.78. The van der Waals surface area contributed by atoms with E-state index in [-0.39, 0.29) is 5.41 Å². The molecule has 0 saturated carbocycles. The molecule has 0 bridgehead atoms. The van der Waals surface area contributed by atoms with Crippen LogP contribution in [0.3, 0.4) is 0 Å². The van der Waals surface area contributed by atoms with Gasteiger partial charge in [0.15, 0.2) is 0 Å². The molecule has 1 aromatic rings. The summed E-state index contributed by atoms with van der Waals surface area (Å²) in [6, 6.07) is 2.36. The number of rotatable bonds is 6. The molecule has 4 nitrogen and oxygen atoms in total. The Labute approximate surface area is 121 Å². The largest absolute Gasteiger partial charge is 0.373 e. The summed E-state index contributed by atoms with van der Waals surface area (Å²) in [6.45, 7) is 10.7. The smallest absolute Gasteiger partial charge is 0.138 e. The number of thioether (sulfide) groups is 1. The molecule has 0 amide bonds. The van der Waals surface area contributed by atoms with Gasteiger partial charge in [-0.1, -0.05) is 27.7 Å². The third-order valence-electron chi connectivity index (χ3n) is 2.62. The minimum absolute atomic E-state index is 0.0509. The molecular weight excluding hydrogens is 256 g/mol. The molecule has 2 N–H and O–H groups in total. The van der Waals surface area contributed by atoms with Gasteiger partial charge in [0.25, 0.3) is 0 Å². The summed E-state index contributed by atoms with van der Waals surface area (Å²) < 4.78 is 0. The second-order valence-electron chi connectivity index (χ2n) is 5.67. The number of hydrogen-bond donors (Lipinski definition) is 2. The predicted octanol–water partition coefficient (Wildman–Crippen LogP) is 3.37. The van der Waals surface area contributed by atoms with Crippen molar-refractivity contribution < 1.29 is 0 Å². The zero-order chi connectivity index (χ0) is 14.5. The second kappa shape index (κ2) is 6.98. The van der Waals surface area contributed by atoms with Gasteiger partial charge in [-0.25, -0.2) is 9.97 Å². The van der Waals surface area contributed by atoms with Crippen molar-refractivity contribution >= 4 is 23.4 Å². The van der Waals surface area contributed by atoms with Crippen molar-refractivity contribution in [1.29, 1.82) is 0 Å². The zero-order valence-electron chi connectivity index (χ0n) is 12.9. The van der Waals surface area contributed by atoms with Crippen molar-refractivity contribution in [2.75, 3.05) is 29.2 Å². The first-order chi connectivity index (χ1) is 8.86. The van der Waals surface area contributed by atoms with E-state index in [1.807, 2.05) is 24.9 Å². The topological polar surface area (TPSA) is 49.8 Å². The van der Waals surface area contributed by atoms with Crippen LogP contribution >= 0.6 is 11.8 Å². The van der Waals surface area contributed by atoms with Gasteiger partial charge in [0.05, 0.1) is 0 Å². The van der Waals surface area contributed by atoms with Crippen LogP contribution in [-0.2, 0) is 5.41 Å². The van der Waals surface area contributed by atoms with Gasteiger partial charge in [0.1, 0.15) is 17.5 Å². The molecule has 0 aliphatic rings. The van der Waals surface area contributed by atoms with Gasteiger partial charge in [0.2, 0.25) is 0 Å². The van der Waals surface area contributed by atoms with Gasteiger partial charge in [-0.15, -0.1) is 0 Å². The minimum atomic E-state index is -0.0509. The van der Waals surface area contributed by atoms with Crippen LogP contribution in [-0.4, -0.2) is 34.6 Å². The maximum absolute atomic E-state index is 4.63. The lowest BCUT2D eigenvalue weighted by molar-refractivity contribution is 0.546.